The SMILES string of the molecule is CCOCC(=O)N(CCOC)C(C)COC. The van der Waals surface area contributed by atoms with Gasteiger partial charge in [0.1, 0.15) is 6.61 Å². The van der Waals surface area contributed by atoms with Crippen LogP contribution in [0.1, 0.15) is 13.8 Å². The summed E-state index contributed by atoms with van der Waals surface area (Å²) in [6.45, 7) is 6.07. The van der Waals surface area contributed by atoms with Crippen molar-refractivity contribution in [2.45, 2.75) is 19.9 Å². The van der Waals surface area contributed by atoms with Gasteiger partial charge in [-0.1, -0.05) is 0 Å². The molecule has 0 aliphatic heterocycles. The monoisotopic (exact) mass is 233 g/mol. The second-order valence-corrected chi connectivity index (χ2v) is 3.52. The molecule has 5 heteroatoms. The Bertz CT molecular complexity index is 187. The highest BCUT2D eigenvalue weighted by molar-refractivity contribution is 5.77. The number of ether oxygens (including phenoxy) is 3. The fraction of sp³-hybridized carbons (Fsp3) is 0.909. The van der Waals surface area contributed by atoms with Crippen molar-refractivity contribution in [2.75, 3.05) is 47.2 Å². The smallest absolute Gasteiger partial charge is 0.248 e. The van der Waals surface area contributed by atoms with Crippen molar-refractivity contribution in [2.24, 2.45) is 0 Å². The zero-order valence-electron chi connectivity index (χ0n) is 10.7. The van der Waals surface area contributed by atoms with Crippen LogP contribution in [0.2, 0.25) is 0 Å². The molecule has 1 amide bonds. The van der Waals surface area contributed by atoms with Gasteiger partial charge in [-0.05, 0) is 13.8 Å². The maximum absolute atomic E-state index is 11.8. The number of carbonyl (C=O) groups is 1. The Morgan fingerprint density at radius 2 is 2.00 bits per heavy atom. The summed E-state index contributed by atoms with van der Waals surface area (Å²) in [6, 6.07) is 0.0353. The molecule has 0 saturated carbocycles. The standard InChI is InChI=1S/C11H23NO4/c1-5-16-9-11(13)12(6-7-14-3)10(2)8-15-4/h10H,5-9H2,1-4H3. The lowest BCUT2D eigenvalue weighted by Crippen LogP contribution is -2.44. The second-order valence-electron chi connectivity index (χ2n) is 3.52. The van der Waals surface area contributed by atoms with E-state index in [0.29, 0.717) is 26.4 Å². The van der Waals surface area contributed by atoms with Crippen molar-refractivity contribution in [1.82, 2.24) is 4.90 Å². The molecule has 16 heavy (non-hydrogen) atoms. The molecule has 0 N–H and O–H groups in total. The first-order valence-electron chi connectivity index (χ1n) is 5.52. The van der Waals surface area contributed by atoms with E-state index in [1.165, 1.54) is 0 Å². The highest BCUT2D eigenvalue weighted by Crippen LogP contribution is 2.01. The molecular weight excluding hydrogens is 210 g/mol. The number of carbonyl (C=O) groups excluding carboxylic acids is 1. The Morgan fingerprint density at radius 3 is 2.50 bits per heavy atom. The van der Waals surface area contributed by atoms with Crippen molar-refractivity contribution in [3.63, 3.8) is 0 Å². The summed E-state index contributed by atoms with van der Waals surface area (Å²) in [5.74, 6) is -0.0246. The molecule has 0 rings (SSSR count). The molecule has 0 aliphatic carbocycles. The number of amides is 1. The predicted octanol–water partition coefficient (Wildman–Crippen LogP) is 0.533. The number of hydrogen-bond acceptors (Lipinski definition) is 4. The molecule has 0 bridgehead atoms. The predicted molar refractivity (Wildman–Crippen MR) is 61.4 cm³/mol. The minimum Gasteiger partial charge on any atom is -0.383 e. The minimum atomic E-state index is -0.0246. The van der Waals surface area contributed by atoms with E-state index in [4.69, 9.17) is 14.2 Å². The van der Waals surface area contributed by atoms with Crippen LogP contribution in [-0.4, -0.2) is 64.0 Å². The summed E-state index contributed by atoms with van der Waals surface area (Å²) in [6.07, 6.45) is 0. The highest BCUT2D eigenvalue weighted by Gasteiger charge is 2.19. The summed E-state index contributed by atoms with van der Waals surface area (Å²) < 4.78 is 15.1. The average Bonchev–Trinajstić information content (AvgIpc) is 2.27. The van der Waals surface area contributed by atoms with Crippen molar-refractivity contribution in [1.29, 1.82) is 0 Å². The Balaban J connectivity index is 4.21. The van der Waals surface area contributed by atoms with Gasteiger partial charge in [0.2, 0.25) is 5.91 Å². The summed E-state index contributed by atoms with van der Waals surface area (Å²) in [5, 5.41) is 0. The molecule has 0 spiro atoms. The Hall–Kier alpha value is -0.650. The molecule has 0 radical (unpaired) electrons. The topological polar surface area (TPSA) is 48.0 Å². The van der Waals surface area contributed by atoms with E-state index in [0.717, 1.165) is 0 Å². The van der Waals surface area contributed by atoms with Crippen molar-refractivity contribution >= 4 is 5.91 Å². The summed E-state index contributed by atoms with van der Waals surface area (Å²) in [7, 11) is 3.24. The van der Waals surface area contributed by atoms with Crippen LogP contribution in [0.15, 0.2) is 0 Å². The fourth-order valence-corrected chi connectivity index (χ4v) is 1.38. The van der Waals surface area contributed by atoms with Crippen molar-refractivity contribution in [3.8, 4) is 0 Å². The number of methoxy groups -OCH3 is 2. The van der Waals surface area contributed by atoms with Gasteiger partial charge < -0.3 is 19.1 Å². The molecule has 0 aromatic heterocycles. The zero-order chi connectivity index (χ0) is 12.4. The molecule has 0 heterocycles. The van der Waals surface area contributed by atoms with E-state index in [1.54, 1.807) is 19.1 Å². The van der Waals surface area contributed by atoms with Gasteiger partial charge in [0.15, 0.2) is 0 Å². The van der Waals surface area contributed by atoms with Crippen LogP contribution in [0.4, 0.5) is 0 Å². The fourth-order valence-electron chi connectivity index (χ4n) is 1.38. The van der Waals surface area contributed by atoms with Gasteiger partial charge >= 0.3 is 0 Å². The van der Waals surface area contributed by atoms with Gasteiger partial charge in [-0.3, -0.25) is 4.79 Å². The molecular formula is C11H23NO4. The summed E-state index contributed by atoms with van der Waals surface area (Å²) >= 11 is 0. The van der Waals surface area contributed by atoms with Gasteiger partial charge in [0.25, 0.3) is 0 Å². The maximum atomic E-state index is 11.8. The van der Waals surface area contributed by atoms with Gasteiger partial charge in [0, 0.05) is 27.4 Å². The van der Waals surface area contributed by atoms with Crippen LogP contribution < -0.4 is 0 Å². The number of nitrogens with zero attached hydrogens (tertiary/aromatic N) is 1. The van der Waals surface area contributed by atoms with Crippen LogP contribution in [0.25, 0.3) is 0 Å². The largest absolute Gasteiger partial charge is 0.383 e. The van der Waals surface area contributed by atoms with Crippen molar-refractivity contribution in [3.05, 3.63) is 0 Å². The van der Waals surface area contributed by atoms with Crippen LogP contribution in [0, 0.1) is 0 Å². The van der Waals surface area contributed by atoms with Crippen LogP contribution in [-0.2, 0) is 19.0 Å². The lowest BCUT2D eigenvalue weighted by molar-refractivity contribution is -0.139. The summed E-state index contributed by atoms with van der Waals surface area (Å²) in [5.41, 5.74) is 0. The Kier molecular flexibility index (Phi) is 9.18. The van der Waals surface area contributed by atoms with Gasteiger partial charge in [-0.15, -0.1) is 0 Å². The number of hydrogen-bond donors (Lipinski definition) is 0. The molecule has 0 fully saturated rings. The lowest BCUT2D eigenvalue weighted by atomic mass is 10.3. The molecule has 0 aliphatic rings. The van der Waals surface area contributed by atoms with Crippen LogP contribution in [0.5, 0.6) is 0 Å². The van der Waals surface area contributed by atoms with E-state index < -0.39 is 0 Å². The van der Waals surface area contributed by atoms with Crippen molar-refractivity contribution < 1.29 is 19.0 Å². The molecule has 0 saturated heterocycles. The second kappa shape index (κ2) is 9.57. The number of rotatable bonds is 9. The quantitative estimate of drug-likeness (QED) is 0.583. The van der Waals surface area contributed by atoms with E-state index in [1.807, 2.05) is 13.8 Å². The Labute approximate surface area is 97.7 Å². The third-order valence-electron chi connectivity index (χ3n) is 2.23. The molecule has 96 valence electrons. The molecule has 1 atom stereocenters. The maximum Gasteiger partial charge on any atom is 0.248 e. The summed E-state index contributed by atoms with van der Waals surface area (Å²) in [4.78, 5) is 13.5. The van der Waals surface area contributed by atoms with E-state index in [2.05, 4.69) is 0 Å². The average molecular weight is 233 g/mol. The first kappa shape index (κ1) is 15.3. The molecule has 5 nitrogen and oxygen atoms in total. The van der Waals surface area contributed by atoms with E-state index in [9.17, 15) is 4.79 Å². The van der Waals surface area contributed by atoms with E-state index >= 15 is 0 Å². The highest BCUT2D eigenvalue weighted by atomic mass is 16.5. The zero-order valence-corrected chi connectivity index (χ0v) is 10.7. The Morgan fingerprint density at radius 1 is 1.31 bits per heavy atom. The minimum absolute atomic E-state index is 0.0246. The normalized spacial score (nSPS) is 12.5. The molecule has 0 aromatic carbocycles. The third kappa shape index (κ3) is 6.05. The first-order valence-corrected chi connectivity index (χ1v) is 5.52. The van der Waals surface area contributed by atoms with Gasteiger partial charge in [0.05, 0.1) is 19.3 Å². The van der Waals surface area contributed by atoms with Gasteiger partial charge in [-0.25, -0.2) is 0 Å². The first-order chi connectivity index (χ1) is 7.67. The van der Waals surface area contributed by atoms with Crippen LogP contribution in [0.3, 0.4) is 0 Å². The van der Waals surface area contributed by atoms with Gasteiger partial charge in [-0.2, -0.15) is 0 Å². The van der Waals surface area contributed by atoms with E-state index in [-0.39, 0.29) is 18.6 Å². The lowest BCUT2D eigenvalue weighted by Gasteiger charge is -2.28. The molecule has 1 unspecified atom stereocenters. The van der Waals surface area contributed by atoms with Crippen LogP contribution >= 0.6 is 0 Å². The third-order valence-corrected chi connectivity index (χ3v) is 2.23. The molecule has 0 aromatic rings.